The molecule has 178 valence electrons. The minimum Gasteiger partial charge on any atom is -0.462 e. The molecule has 1 aromatic carbocycles. The van der Waals surface area contributed by atoms with Crippen LogP contribution in [-0.2, 0) is 16.0 Å². The number of rotatable bonds is 20. The first kappa shape index (κ1) is 27.9. The third kappa shape index (κ3) is 12.1. The maximum atomic E-state index is 12.3. The zero-order valence-electron chi connectivity index (χ0n) is 20.6. The Balaban J connectivity index is 2.04. The SMILES string of the molecule is C=Cc1cccc(CC(=C)C(=O)OCCCCCCCCCCCCCCCC)c1C=C. The van der Waals surface area contributed by atoms with Crippen molar-refractivity contribution in [1.82, 2.24) is 0 Å². The Bertz CT molecular complexity index is 686. The summed E-state index contributed by atoms with van der Waals surface area (Å²) in [5.41, 5.74) is 3.53. The minimum absolute atomic E-state index is 0.293. The van der Waals surface area contributed by atoms with Crippen LogP contribution in [0.4, 0.5) is 0 Å². The summed E-state index contributed by atoms with van der Waals surface area (Å²) in [6.45, 7) is 14.4. The van der Waals surface area contributed by atoms with Gasteiger partial charge in [0.2, 0.25) is 0 Å². The molecular weight excluding hydrogens is 392 g/mol. The van der Waals surface area contributed by atoms with Gasteiger partial charge >= 0.3 is 5.97 Å². The van der Waals surface area contributed by atoms with E-state index >= 15 is 0 Å². The van der Waals surface area contributed by atoms with Gasteiger partial charge in [-0.1, -0.05) is 140 Å². The molecule has 0 fully saturated rings. The Morgan fingerprint density at radius 3 is 1.84 bits per heavy atom. The fraction of sp³-hybridized carbons (Fsp3) is 0.567. The van der Waals surface area contributed by atoms with Crippen LogP contribution in [0.5, 0.6) is 0 Å². The Morgan fingerprint density at radius 2 is 1.34 bits per heavy atom. The van der Waals surface area contributed by atoms with Gasteiger partial charge in [-0.05, 0) is 23.1 Å². The van der Waals surface area contributed by atoms with Gasteiger partial charge in [0, 0.05) is 12.0 Å². The van der Waals surface area contributed by atoms with E-state index in [1.165, 1.54) is 77.0 Å². The molecule has 0 aliphatic rings. The lowest BCUT2D eigenvalue weighted by Gasteiger charge is -2.11. The van der Waals surface area contributed by atoms with E-state index in [0.29, 0.717) is 18.6 Å². The second kappa shape index (κ2) is 18.5. The van der Waals surface area contributed by atoms with Gasteiger partial charge in [0.15, 0.2) is 0 Å². The van der Waals surface area contributed by atoms with Gasteiger partial charge < -0.3 is 4.74 Å². The summed E-state index contributed by atoms with van der Waals surface area (Å²) in [7, 11) is 0. The number of esters is 1. The molecule has 1 aromatic rings. The van der Waals surface area contributed by atoms with Gasteiger partial charge in [0.25, 0.3) is 0 Å². The maximum Gasteiger partial charge on any atom is 0.333 e. The van der Waals surface area contributed by atoms with Crippen LogP contribution in [0.2, 0.25) is 0 Å². The van der Waals surface area contributed by atoms with Gasteiger partial charge in [-0.25, -0.2) is 4.79 Å². The Kier molecular flexibility index (Phi) is 16.1. The quantitative estimate of drug-likeness (QED) is 0.115. The number of hydrogen-bond donors (Lipinski definition) is 0. The molecule has 0 aromatic heterocycles. The molecule has 2 nitrogen and oxygen atoms in total. The van der Waals surface area contributed by atoms with Crippen molar-refractivity contribution in [3.05, 3.63) is 60.2 Å². The molecule has 0 aliphatic heterocycles. The van der Waals surface area contributed by atoms with Crippen molar-refractivity contribution in [3.8, 4) is 0 Å². The van der Waals surface area contributed by atoms with Crippen LogP contribution in [0.25, 0.3) is 12.2 Å². The molecular formula is C30H46O2. The molecule has 0 spiro atoms. The second-order valence-corrected chi connectivity index (χ2v) is 8.84. The third-order valence-corrected chi connectivity index (χ3v) is 6.08. The Hall–Kier alpha value is -2.09. The predicted octanol–water partition coefficient (Wildman–Crippen LogP) is 9.10. The summed E-state index contributed by atoms with van der Waals surface area (Å²) >= 11 is 0. The van der Waals surface area contributed by atoms with Crippen molar-refractivity contribution in [2.24, 2.45) is 0 Å². The predicted molar refractivity (Wildman–Crippen MR) is 141 cm³/mol. The van der Waals surface area contributed by atoms with Crippen LogP contribution in [0, 0.1) is 0 Å². The van der Waals surface area contributed by atoms with Crippen molar-refractivity contribution < 1.29 is 9.53 Å². The number of ether oxygens (including phenoxy) is 1. The van der Waals surface area contributed by atoms with Gasteiger partial charge in [0.1, 0.15) is 0 Å². The number of benzene rings is 1. The zero-order valence-corrected chi connectivity index (χ0v) is 20.6. The van der Waals surface area contributed by atoms with E-state index in [9.17, 15) is 4.79 Å². The topological polar surface area (TPSA) is 26.3 Å². The van der Waals surface area contributed by atoms with Gasteiger partial charge in [-0.15, -0.1) is 0 Å². The molecule has 0 bridgehead atoms. The minimum atomic E-state index is -0.293. The van der Waals surface area contributed by atoms with Crippen LogP contribution in [0.15, 0.2) is 43.5 Å². The Labute approximate surface area is 197 Å². The molecule has 0 N–H and O–H groups in total. The van der Waals surface area contributed by atoms with Gasteiger partial charge in [-0.2, -0.15) is 0 Å². The standard InChI is InChI=1S/C30H46O2/c1-5-8-9-10-11-12-13-14-15-16-17-18-19-20-24-32-30(31)26(4)25-28-23-21-22-27(6-2)29(28)7-3/h6-7,21-23H,2-5,8-20,24-25H2,1H3. The lowest BCUT2D eigenvalue weighted by atomic mass is 9.96. The first-order valence-electron chi connectivity index (χ1n) is 12.9. The summed E-state index contributed by atoms with van der Waals surface area (Å²) in [5.74, 6) is -0.293. The molecule has 2 heteroatoms. The fourth-order valence-corrected chi connectivity index (χ4v) is 4.08. The van der Waals surface area contributed by atoms with Crippen LogP contribution < -0.4 is 0 Å². The van der Waals surface area contributed by atoms with Crippen molar-refractivity contribution >= 4 is 18.1 Å². The summed E-state index contributed by atoms with van der Waals surface area (Å²) in [4.78, 5) is 12.3. The van der Waals surface area contributed by atoms with E-state index in [1.807, 2.05) is 18.2 Å². The van der Waals surface area contributed by atoms with Crippen molar-refractivity contribution in [2.45, 2.75) is 103 Å². The van der Waals surface area contributed by atoms with E-state index in [1.54, 1.807) is 12.2 Å². The van der Waals surface area contributed by atoms with Crippen molar-refractivity contribution in [1.29, 1.82) is 0 Å². The van der Waals surface area contributed by atoms with Crippen LogP contribution in [0.3, 0.4) is 0 Å². The lowest BCUT2D eigenvalue weighted by molar-refractivity contribution is -0.139. The first-order valence-corrected chi connectivity index (χ1v) is 12.9. The number of hydrogen-bond acceptors (Lipinski definition) is 2. The average molecular weight is 439 g/mol. The Morgan fingerprint density at radius 1 is 0.812 bits per heavy atom. The molecule has 0 unspecified atom stereocenters. The molecule has 0 heterocycles. The number of unbranched alkanes of at least 4 members (excludes halogenated alkanes) is 13. The third-order valence-electron chi connectivity index (χ3n) is 6.08. The number of carbonyl (C=O) groups excluding carboxylic acids is 1. The molecule has 32 heavy (non-hydrogen) atoms. The second-order valence-electron chi connectivity index (χ2n) is 8.84. The highest BCUT2D eigenvalue weighted by molar-refractivity contribution is 5.88. The highest BCUT2D eigenvalue weighted by Gasteiger charge is 2.12. The lowest BCUT2D eigenvalue weighted by Crippen LogP contribution is -2.11. The monoisotopic (exact) mass is 438 g/mol. The van der Waals surface area contributed by atoms with Crippen molar-refractivity contribution in [3.63, 3.8) is 0 Å². The highest BCUT2D eigenvalue weighted by Crippen LogP contribution is 2.20. The first-order chi connectivity index (χ1) is 15.6. The van der Waals surface area contributed by atoms with Crippen LogP contribution in [-0.4, -0.2) is 12.6 Å². The molecule has 0 amide bonds. The van der Waals surface area contributed by atoms with Crippen LogP contribution in [0.1, 0.15) is 114 Å². The zero-order chi connectivity index (χ0) is 23.4. The molecule has 0 saturated carbocycles. The van der Waals surface area contributed by atoms with E-state index in [0.717, 1.165) is 29.5 Å². The molecule has 0 saturated heterocycles. The highest BCUT2D eigenvalue weighted by atomic mass is 16.5. The van der Waals surface area contributed by atoms with E-state index in [4.69, 9.17) is 4.74 Å². The largest absolute Gasteiger partial charge is 0.462 e. The van der Waals surface area contributed by atoms with E-state index in [2.05, 4.69) is 26.7 Å². The summed E-state index contributed by atoms with van der Waals surface area (Å²) in [6.07, 6.45) is 22.5. The summed E-state index contributed by atoms with van der Waals surface area (Å²) in [6, 6.07) is 5.95. The van der Waals surface area contributed by atoms with Gasteiger partial charge in [-0.3, -0.25) is 0 Å². The average Bonchev–Trinajstić information content (AvgIpc) is 2.81. The normalized spacial score (nSPS) is 10.7. The summed E-state index contributed by atoms with van der Waals surface area (Å²) < 4.78 is 5.43. The van der Waals surface area contributed by atoms with Crippen LogP contribution >= 0.6 is 0 Å². The molecule has 1 rings (SSSR count). The van der Waals surface area contributed by atoms with Gasteiger partial charge in [0.05, 0.1) is 6.61 Å². The van der Waals surface area contributed by atoms with E-state index < -0.39 is 0 Å². The molecule has 0 radical (unpaired) electrons. The number of carbonyl (C=O) groups is 1. The smallest absolute Gasteiger partial charge is 0.333 e. The molecule has 0 atom stereocenters. The summed E-state index contributed by atoms with van der Waals surface area (Å²) in [5, 5.41) is 0. The molecule has 0 aliphatic carbocycles. The van der Waals surface area contributed by atoms with Crippen molar-refractivity contribution in [2.75, 3.05) is 6.61 Å². The fourth-order valence-electron chi connectivity index (χ4n) is 4.08. The van der Waals surface area contributed by atoms with E-state index in [-0.39, 0.29) is 5.97 Å². The maximum absolute atomic E-state index is 12.3.